The molecule has 100 valence electrons. The van der Waals surface area contributed by atoms with E-state index in [-0.39, 0.29) is 5.78 Å². The second-order valence-corrected chi connectivity index (χ2v) is 5.75. The van der Waals surface area contributed by atoms with Crippen LogP contribution in [0.2, 0.25) is 5.02 Å². The third kappa shape index (κ3) is 2.71. The van der Waals surface area contributed by atoms with Crippen LogP contribution in [0.25, 0.3) is 0 Å². The number of ketones is 1. The lowest BCUT2D eigenvalue weighted by molar-refractivity contribution is 0.106. The first-order chi connectivity index (χ1) is 9.74. The fourth-order valence-electron chi connectivity index (χ4n) is 1.90. The quantitative estimate of drug-likeness (QED) is 0.849. The summed E-state index contributed by atoms with van der Waals surface area (Å²) in [5.41, 5.74) is 4.96. The molecule has 0 bridgehead atoms. The fourth-order valence-corrected chi connectivity index (χ4v) is 3.15. The average molecular weight is 303 g/mol. The number of rotatable bonds is 2. The predicted octanol–water partition coefficient (Wildman–Crippen LogP) is 4.10. The molecule has 2 aromatic carbocycles. The number of thioether (sulfide) groups is 1. The normalized spacial score (nSPS) is 16.1. The molecule has 3 nitrogen and oxygen atoms in total. The number of hydrogen-bond acceptors (Lipinski definition) is 4. The molecule has 1 aliphatic rings. The Hall–Kier alpha value is -1.78. The minimum atomic E-state index is -0.0427. The van der Waals surface area contributed by atoms with E-state index in [1.165, 1.54) is 0 Å². The molecular formula is C15H11ClN2OS. The molecule has 0 saturated carbocycles. The maximum absolute atomic E-state index is 12.3. The Labute approximate surface area is 126 Å². The number of nitrogens with one attached hydrogen (secondary N) is 1. The summed E-state index contributed by atoms with van der Waals surface area (Å²) in [4.78, 5) is 13.2. The van der Waals surface area contributed by atoms with E-state index >= 15 is 0 Å². The van der Waals surface area contributed by atoms with Crippen LogP contribution in [-0.2, 0) is 0 Å². The molecule has 0 saturated heterocycles. The second kappa shape index (κ2) is 5.69. The molecule has 0 aliphatic carbocycles. The SMILES string of the molecule is O=C1/C(=N\Nc2ccccc2)CSc2cc(Cl)ccc21. The molecule has 0 radical (unpaired) electrons. The molecule has 3 rings (SSSR count). The number of fused-ring (bicyclic) bond motifs is 1. The number of anilines is 1. The van der Waals surface area contributed by atoms with Gasteiger partial charge in [0.25, 0.3) is 0 Å². The van der Waals surface area contributed by atoms with E-state index in [0.717, 1.165) is 10.6 Å². The number of carbonyl (C=O) groups excluding carboxylic acids is 1. The van der Waals surface area contributed by atoms with Crippen LogP contribution >= 0.6 is 23.4 Å². The van der Waals surface area contributed by atoms with Gasteiger partial charge in [0.2, 0.25) is 5.78 Å². The van der Waals surface area contributed by atoms with Crippen molar-refractivity contribution < 1.29 is 4.79 Å². The molecule has 0 fully saturated rings. The Morgan fingerprint density at radius 2 is 1.95 bits per heavy atom. The summed E-state index contributed by atoms with van der Waals surface area (Å²) in [6.07, 6.45) is 0. The van der Waals surface area contributed by atoms with Gasteiger partial charge in [0.1, 0.15) is 5.71 Å². The molecule has 2 aromatic rings. The van der Waals surface area contributed by atoms with Gasteiger partial charge in [-0.3, -0.25) is 10.2 Å². The van der Waals surface area contributed by atoms with Crippen molar-refractivity contribution in [3.8, 4) is 0 Å². The monoisotopic (exact) mass is 302 g/mol. The molecule has 0 aromatic heterocycles. The van der Waals surface area contributed by atoms with Gasteiger partial charge in [0.15, 0.2) is 0 Å². The second-order valence-electron chi connectivity index (χ2n) is 4.29. The number of Topliss-reactive ketones (excluding diaryl/α,β-unsaturated/α-hetero) is 1. The van der Waals surface area contributed by atoms with Crippen molar-refractivity contribution in [3.05, 3.63) is 59.1 Å². The van der Waals surface area contributed by atoms with Gasteiger partial charge in [-0.25, -0.2) is 0 Å². The summed E-state index contributed by atoms with van der Waals surface area (Å²) in [7, 11) is 0. The molecular weight excluding hydrogens is 292 g/mol. The third-order valence-electron chi connectivity index (χ3n) is 2.91. The Morgan fingerprint density at radius 3 is 2.75 bits per heavy atom. The Morgan fingerprint density at radius 1 is 1.15 bits per heavy atom. The number of para-hydroxylation sites is 1. The van der Waals surface area contributed by atoms with E-state index in [1.54, 1.807) is 23.9 Å². The highest BCUT2D eigenvalue weighted by Gasteiger charge is 2.24. The maximum atomic E-state index is 12.3. The Bertz CT molecular complexity index is 686. The number of hydrogen-bond donors (Lipinski definition) is 1. The lowest BCUT2D eigenvalue weighted by Crippen LogP contribution is -2.23. The molecule has 0 unspecified atom stereocenters. The smallest absolute Gasteiger partial charge is 0.210 e. The van der Waals surface area contributed by atoms with Gasteiger partial charge in [-0.05, 0) is 30.3 Å². The van der Waals surface area contributed by atoms with Gasteiger partial charge in [-0.1, -0.05) is 29.8 Å². The van der Waals surface area contributed by atoms with Crippen LogP contribution in [-0.4, -0.2) is 17.2 Å². The first-order valence-electron chi connectivity index (χ1n) is 6.09. The largest absolute Gasteiger partial charge is 0.287 e. The zero-order chi connectivity index (χ0) is 13.9. The summed E-state index contributed by atoms with van der Waals surface area (Å²) >= 11 is 7.51. The van der Waals surface area contributed by atoms with Crippen molar-refractivity contribution in [3.63, 3.8) is 0 Å². The molecule has 0 atom stereocenters. The first kappa shape index (κ1) is 13.2. The maximum Gasteiger partial charge on any atom is 0.210 e. The van der Waals surface area contributed by atoms with Gasteiger partial charge in [-0.15, -0.1) is 11.8 Å². The van der Waals surface area contributed by atoms with Crippen molar-refractivity contribution in [2.45, 2.75) is 4.90 Å². The number of halogens is 1. The van der Waals surface area contributed by atoms with Crippen molar-refractivity contribution >= 4 is 40.5 Å². The van der Waals surface area contributed by atoms with Crippen molar-refractivity contribution in [2.75, 3.05) is 11.2 Å². The van der Waals surface area contributed by atoms with Gasteiger partial charge < -0.3 is 0 Å². The van der Waals surface area contributed by atoms with Crippen molar-refractivity contribution in [2.24, 2.45) is 5.10 Å². The number of hydrazone groups is 1. The molecule has 1 N–H and O–H groups in total. The molecule has 0 amide bonds. The highest BCUT2D eigenvalue weighted by Crippen LogP contribution is 2.31. The van der Waals surface area contributed by atoms with Crippen molar-refractivity contribution in [1.82, 2.24) is 0 Å². The van der Waals surface area contributed by atoms with Crippen LogP contribution in [0.4, 0.5) is 5.69 Å². The molecule has 5 heteroatoms. The predicted molar refractivity (Wildman–Crippen MR) is 84.0 cm³/mol. The van der Waals surface area contributed by atoms with Crippen LogP contribution in [0.5, 0.6) is 0 Å². The van der Waals surface area contributed by atoms with Crippen molar-refractivity contribution in [1.29, 1.82) is 0 Å². The standard InChI is InChI=1S/C15H11ClN2OS/c16-10-6-7-12-14(8-10)20-9-13(15(12)19)18-17-11-4-2-1-3-5-11/h1-8,17H,9H2/b18-13-. The van der Waals surface area contributed by atoms with Gasteiger partial charge in [0, 0.05) is 21.2 Å². The van der Waals surface area contributed by atoms with E-state index in [2.05, 4.69) is 10.5 Å². The Kier molecular flexibility index (Phi) is 3.76. The van der Waals surface area contributed by atoms with E-state index in [9.17, 15) is 4.79 Å². The first-order valence-corrected chi connectivity index (χ1v) is 7.45. The summed E-state index contributed by atoms with van der Waals surface area (Å²) in [6.45, 7) is 0. The van der Waals surface area contributed by atoms with Gasteiger partial charge in [-0.2, -0.15) is 5.10 Å². The molecule has 1 aliphatic heterocycles. The lowest BCUT2D eigenvalue weighted by atomic mass is 10.1. The van der Waals surface area contributed by atoms with E-state index in [4.69, 9.17) is 11.6 Å². The summed E-state index contributed by atoms with van der Waals surface area (Å²) in [5, 5.41) is 4.86. The summed E-state index contributed by atoms with van der Waals surface area (Å²) < 4.78 is 0. The summed E-state index contributed by atoms with van der Waals surface area (Å²) in [5.74, 6) is 0.505. The lowest BCUT2D eigenvalue weighted by Gasteiger charge is -2.16. The van der Waals surface area contributed by atoms with Crippen LogP contribution in [0.15, 0.2) is 58.5 Å². The highest BCUT2D eigenvalue weighted by atomic mass is 35.5. The number of benzene rings is 2. The topological polar surface area (TPSA) is 41.5 Å². The number of carbonyl (C=O) groups is 1. The van der Waals surface area contributed by atoms with Crippen LogP contribution < -0.4 is 5.43 Å². The molecule has 1 heterocycles. The van der Waals surface area contributed by atoms with Crippen LogP contribution in [0, 0.1) is 0 Å². The third-order valence-corrected chi connectivity index (χ3v) is 4.21. The van der Waals surface area contributed by atoms with E-state index in [0.29, 0.717) is 22.1 Å². The van der Waals surface area contributed by atoms with E-state index < -0.39 is 0 Å². The fraction of sp³-hybridized carbons (Fsp3) is 0.0667. The average Bonchev–Trinajstić information content (AvgIpc) is 2.47. The molecule has 0 spiro atoms. The van der Waals surface area contributed by atoms with E-state index in [1.807, 2.05) is 36.4 Å². The number of nitrogens with zero attached hydrogens (tertiary/aromatic N) is 1. The Balaban J connectivity index is 1.83. The minimum absolute atomic E-state index is 0.0427. The minimum Gasteiger partial charge on any atom is -0.287 e. The van der Waals surface area contributed by atoms with Crippen LogP contribution in [0.1, 0.15) is 10.4 Å². The van der Waals surface area contributed by atoms with Gasteiger partial charge in [0.05, 0.1) is 5.69 Å². The molecule has 20 heavy (non-hydrogen) atoms. The zero-order valence-corrected chi connectivity index (χ0v) is 12.0. The van der Waals surface area contributed by atoms with Gasteiger partial charge >= 0.3 is 0 Å². The highest BCUT2D eigenvalue weighted by molar-refractivity contribution is 8.00. The zero-order valence-electron chi connectivity index (χ0n) is 10.5. The van der Waals surface area contributed by atoms with Crippen LogP contribution in [0.3, 0.4) is 0 Å². The summed E-state index contributed by atoms with van der Waals surface area (Å²) in [6, 6.07) is 14.9.